The summed E-state index contributed by atoms with van der Waals surface area (Å²) in [7, 11) is 2.01. The number of nitro groups is 2. The van der Waals surface area contributed by atoms with Crippen molar-refractivity contribution < 1.29 is 28.9 Å². The Hall–Kier alpha value is -5.25. The number of allylic oxidation sites excluding steroid dienone is 1. The lowest BCUT2D eigenvalue weighted by Crippen LogP contribution is -2.41. The molecule has 0 radical (unpaired) electrons. The molecule has 0 amide bonds. The topological polar surface area (TPSA) is 192 Å². The molecule has 2 aromatic carbocycles. The fourth-order valence-corrected chi connectivity index (χ4v) is 4.01. The standard InChI is InChI=1S/C23H19N5O8/c1-12-9-10-15(27(31)32)19(18(12)28(33)34)26-20(23(30)36-3)17(22(29)35-2)16(14(11-24)21(26)25)13-7-5-4-6-8-13/h4-10,16H,25H2,1-3H3. The van der Waals surface area contributed by atoms with Crippen LogP contribution in [0.2, 0.25) is 0 Å². The van der Waals surface area contributed by atoms with Crippen molar-refractivity contribution in [2.24, 2.45) is 5.73 Å². The van der Waals surface area contributed by atoms with Crippen LogP contribution < -0.4 is 10.6 Å². The minimum atomic E-state index is -1.24. The second-order valence-corrected chi connectivity index (χ2v) is 7.45. The molecule has 1 heterocycles. The van der Waals surface area contributed by atoms with E-state index in [0.29, 0.717) is 10.5 Å². The van der Waals surface area contributed by atoms with Gasteiger partial charge in [-0.25, -0.2) is 9.59 Å². The van der Waals surface area contributed by atoms with E-state index in [1.807, 2.05) is 6.07 Å². The Labute approximate surface area is 203 Å². The predicted molar refractivity (Wildman–Crippen MR) is 124 cm³/mol. The van der Waals surface area contributed by atoms with Crippen LogP contribution in [0.4, 0.5) is 17.1 Å². The van der Waals surface area contributed by atoms with E-state index in [1.54, 1.807) is 30.3 Å². The van der Waals surface area contributed by atoms with Gasteiger partial charge in [-0.05, 0) is 18.6 Å². The van der Waals surface area contributed by atoms with Crippen molar-refractivity contribution in [1.82, 2.24) is 0 Å². The molecule has 13 nitrogen and oxygen atoms in total. The largest absolute Gasteiger partial charge is 0.466 e. The first kappa shape index (κ1) is 25.4. The second-order valence-electron chi connectivity index (χ2n) is 7.45. The van der Waals surface area contributed by atoms with E-state index >= 15 is 0 Å². The summed E-state index contributed by atoms with van der Waals surface area (Å²) in [6.07, 6.45) is 0. The predicted octanol–water partition coefficient (Wildman–Crippen LogP) is 2.71. The summed E-state index contributed by atoms with van der Waals surface area (Å²) in [5.74, 6) is -4.04. The molecule has 0 saturated heterocycles. The molecule has 0 fully saturated rings. The molecule has 0 saturated carbocycles. The van der Waals surface area contributed by atoms with Crippen LogP contribution in [-0.2, 0) is 19.1 Å². The second kappa shape index (κ2) is 9.94. The maximum Gasteiger partial charge on any atom is 0.355 e. The first-order valence-electron chi connectivity index (χ1n) is 10.2. The van der Waals surface area contributed by atoms with E-state index in [2.05, 4.69) is 0 Å². The highest BCUT2D eigenvalue weighted by atomic mass is 16.6. The number of esters is 2. The van der Waals surface area contributed by atoms with E-state index < -0.39 is 61.9 Å². The van der Waals surface area contributed by atoms with Crippen LogP contribution in [0.5, 0.6) is 0 Å². The van der Waals surface area contributed by atoms with Crippen molar-refractivity contribution in [2.45, 2.75) is 12.8 Å². The van der Waals surface area contributed by atoms with Crippen LogP contribution in [0.3, 0.4) is 0 Å². The van der Waals surface area contributed by atoms with E-state index in [4.69, 9.17) is 15.2 Å². The molecule has 1 aliphatic rings. The third kappa shape index (κ3) is 4.07. The molecule has 1 unspecified atom stereocenters. The third-order valence-corrected chi connectivity index (χ3v) is 5.54. The summed E-state index contributed by atoms with van der Waals surface area (Å²) in [5, 5.41) is 34.0. The number of hydrogen-bond donors (Lipinski definition) is 1. The molecule has 36 heavy (non-hydrogen) atoms. The minimum Gasteiger partial charge on any atom is -0.466 e. The van der Waals surface area contributed by atoms with Crippen LogP contribution >= 0.6 is 0 Å². The van der Waals surface area contributed by atoms with Gasteiger partial charge in [0.1, 0.15) is 11.5 Å². The number of nitro benzene ring substituents is 2. The normalized spacial score (nSPS) is 15.3. The first-order chi connectivity index (χ1) is 17.1. The molecule has 184 valence electrons. The average Bonchev–Trinajstić information content (AvgIpc) is 2.86. The Morgan fingerprint density at radius 2 is 1.64 bits per heavy atom. The van der Waals surface area contributed by atoms with Gasteiger partial charge in [-0.1, -0.05) is 30.3 Å². The van der Waals surface area contributed by atoms with Gasteiger partial charge >= 0.3 is 17.6 Å². The lowest BCUT2D eigenvalue weighted by atomic mass is 9.80. The molecule has 0 spiro atoms. The van der Waals surface area contributed by atoms with Crippen molar-refractivity contribution in [3.63, 3.8) is 0 Å². The summed E-state index contributed by atoms with van der Waals surface area (Å²) in [6.45, 7) is 1.33. The fraction of sp³-hybridized carbons (Fsp3) is 0.174. The van der Waals surface area contributed by atoms with E-state index in [9.17, 15) is 35.1 Å². The van der Waals surface area contributed by atoms with Crippen molar-refractivity contribution >= 4 is 29.0 Å². The Morgan fingerprint density at radius 1 is 1.03 bits per heavy atom. The smallest absolute Gasteiger partial charge is 0.355 e. The lowest BCUT2D eigenvalue weighted by Gasteiger charge is -2.35. The van der Waals surface area contributed by atoms with E-state index in [1.165, 1.54) is 6.92 Å². The molecule has 3 rings (SSSR count). The molecule has 0 bridgehead atoms. The van der Waals surface area contributed by atoms with E-state index in [-0.39, 0.29) is 11.1 Å². The van der Waals surface area contributed by atoms with Crippen LogP contribution in [-0.4, -0.2) is 36.0 Å². The van der Waals surface area contributed by atoms with Crippen molar-refractivity contribution in [1.29, 1.82) is 5.26 Å². The first-order valence-corrected chi connectivity index (χ1v) is 10.2. The summed E-state index contributed by atoms with van der Waals surface area (Å²) in [6, 6.07) is 12.1. The number of anilines is 1. The zero-order valence-corrected chi connectivity index (χ0v) is 19.3. The maximum atomic E-state index is 13.1. The monoisotopic (exact) mass is 493 g/mol. The molecule has 1 aliphatic heterocycles. The molecule has 2 N–H and O–H groups in total. The van der Waals surface area contributed by atoms with Crippen LogP contribution in [0.1, 0.15) is 17.0 Å². The van der Waals surface area contributed by atoms with Crippen LogP contribution in [0, 0.1) is 38.5 Å². The van der Waals surface area contributed by atoms with Crippen LogP contribution in [0.25, 0.3) is 0 Å². The molecule has 1 atom stereocenters. The van der Waals surface area contributed by atoms with Crippen molar-refractivity contribution in [3.8, 4) is 6.07 Å². The van der Waals surface area contributed by atoms with Crippen molar-refractivity contribution in [3.05, 3.63) is 96.5 Å². The molecular weight excluding hydrogens is 474 g/mol. The lowest BCUT2D eigenvalue weighted by molar-refractivity contribution is -0.392. The zero-order chi connectivity index (χ0) is 26.7. The van der Waals surface area contributed by atoms with E-state index in [0.717, 1.165) is 26.4 Å². The molecular formula is C23H19N5O8. The Bertz CT molecular complexity index is 1390. The highest BCUT2D eigenvalue weighted by Gasteiger charge is 2.47. The van der Waals surface area contributed by atoms with Crippen LogP contribution in [0.15, 0.2) is 65.1 Å². The molecule has 13 heteroatoms. The summed E-state index contributed by atoms with van der Waals surface area (Å²) >= 11 is 0. The number of carbonyl (C=O) groups is 2. The van der Waals surface area contributed by atoms with Gasteiger partial charge in [0, 0.05) is 11.6 Å². The summed E-state index contributed by atoms with van der Waals surface area (Å²) in [4.78, 5) is 49.0. The number of ether oxygens (including phenoxy) is 2. The highest BCUT2D eigenvalue weighted by molar-refractivity contribution is 6.07. The zero-order valence-electron chi connectivity index (χ0n) is 19.3. The number of nitrogens with two attached hydrogens (primary N) is 1. The number of rotatable bonds is 6. The van der Waals surface area contributed by atoms with Gasteiger partial charge in [0.25, 0.3) is 5.69 Å². The SMILES string of the molecule is COC(=O)C1=C(C(=O)OC)N(c2c([N+](=O)[O-])ccc(C)c2[N+](=O)[O-])C(N)=C(C#N)C1c1ccccc1. The van der Waals surface area contributed by atoms with Gasteiger partial charge in [0.2, 0.25) is 5.69 Å². The number of nitriles is 1. The molecule has 2 aromatic rings. The Balaban J connectivity index is 2.60. The van der Waals surface area contributed by atoms with Gasteiger partial charge in [-0.2, -0.15) is 5.26 Å². The Morgan fingerprint density at radius 3 is 2.14 bits per heavy atom. The fourth-order valence-electron chi connectivity index (χ4n) is 4.01. The van der Waals surface area contributed by atoms with Gasteiger partial charge in [-0.15, -0.1) is 0 Å². The Kier molecular flexibility index (Phi) is 7.00. The number of nitrogens with zero attached hydrogens (tertiary/aromatic N) is 4. The van der Waals surface area contributed by atoms with Gasteiger partial charge in [0.05, 0.1) is 47.2 Å². The maximum absolute atomic E-state index is 13.1. The third-order valence-electron chi connectivity index (χ3n) is 5.54. The summed E-state index contributed by atoms with van der Waals surface area (Å²) in [5.41, 5.74) is 3.02. The van der Waals surface area contributed by atoms with Gasteiger partial charge in [-0.3, -0.25) is 25.1 Å². The number of benzene rings is 2. The highest BCUT2D eigenvalue weighted by Crippen LogP contribution is 2.48. The van der Waals surface area contributed by atoms with Gasteiger partial charge in [0.15, 0.2) is 0 Å². The summed E-state index contributed by atoms with van der Waals surface area (Å²) < 4.78 is 9.74. The number of carbonyl (C=O) groups excluding carboxylic acids is 2. The molecule has 0 aromatic heterocycles. The quantitative estimate of drug-likeness (QED) is 0.353. The minimum absolute atomic E-state index is 0.000856. The average molecular weight is 493 g/mol. The number of aryl methyl sites for hydroxylation is 1. The number of hydrogen-bond acceptors (Lipinski definition) is 11. The van der Waals surface area contributed by atoms with Gasteiger partial charge < -0.3 is 15.2 Å². The van der Waals surface area contributed by atoms with Crippen molar-refractivity contribution in [2.75, 3.05) is 19.1 Å². The molecule has 0 aliphatic carbocycles. The number of methoxy groups -OCH3 is 2.